The molecule has 0 saturated carbocycles. The number of nitrogens with one attached hydrogen (secondary N) is 2. The Labute approximate surface area is 217 Å². The molecule has 1 aliphatic rings. The van der Waals surface area contributed by atoms with Crippen molar-refractivity contribution < 1.29 is 19.2 Å². The van der Waals surface area contributed by atoms with Crippen LogP contribution in [0.15, 0.2) is 84.1 Å². The number of aromatic nitrogens is 3. The van der Waals surface area contributed by atoms with Crippen LogP contribution in [0.1, 0.15) is 18.5 Å². The molecule has 38 heavy (non-hydrogen) atoms. The van der Waals surface area contributed by atoms with Gasteiger partial charge in [-0.05, 0) is 36.8 Å². The van der Waals surface area contributed by atoms with Crippen molar-refractivity contribution in [3.8, 4) is 22.9 Å². The number of non-ortho nitro benzene ring substituents is 1. The van der Waals surface area contributed by atoms with Gasteiger partial charge in [-0.3, -0.25) is 14.9 Å². The first-order valence-corrected chi connectivity index (χ1v) is 11.7. The highest BCUT2D eigenvalue weighted by atomic mass is 16.6. The topological polar surface area (TPSA) is 133 Å². The van der Waals surface area contributed by atoms with E-state index in [0.717, 1.165) is 0 Å². The van der Waals surface area contributed by atoms with Gasteiger partial charge >= 0.3 is 0 Å². The Morgan fingerprint density at radius 3 is 2.50 bits per heavy atom. The van der Waals surface area contributed by atoms with E-state index in [1.165, 1.54) is 19.2 Å². The van der Waals surface area contributed by atoms with Gasteiger partial charge in [0.2, 0.25) is 5.95 Å². The van der Waals surface area contributed by atoms with E-state index in [0.29, 0.717) is 45.5 Å². The zero-order chi connectivity index (χ0) is 26.8. The SMILES string of the molecule is COc1ccc(C2C(C(=O)Nc3ccccc3)=C(C)Nc3nc(-c4cccc([N+](=O)[O-])c4)nn32)cc1OC. The number of carbonyl (C=O) groups excluding carboxylic acids is 1. The zero-order valence-corrected chi connectivity index (χ0v) is 20.8. The largest absolute Gasteiger partial charge is 0.493 e. The Morgan fingerprint density at radius 1 is 1.03 bits per heavy atom. The normalized spacial score (nSPS) is 14.3. The van der Waals surface area contributed by atoms with Gasteiger partial charge in [0.25, 0.3) is 11.6 Å². The van der Waals surface area contributed by atoms with Gasteiger partial charge in [-0.2, -0.15) is 4.98 Å². The van der Waals surface area contributed by atoms with Crippen LogP contribution in [0.25, 0.3) is 11.4 Å². The number of para-hydroxylation sites is 1. The first kappa shape index (κ1) is 24.5. The van der Waals surface area contributed by atoms with E-state index >= 15 is 0 Å². The smallest absolute Gasteiger partial charge is 0.270 e. The predicted octanol–water partition coefficient (Wildman–Crippen LogP) is 4.80. The molecule has 1 aromatic heterocycles. The number of carbonyl (C=O) groups is 1. The van der Waals surface area contributed by atoms with Crippen LogP contribution in [-0.2, 0) is 4.79 Å². The Hall–Kier alpha value is -5.19. The minimum absolute atomic E-state index is 0.0723. The molecule has 3 aromatic carbocycles. The van der Waals surface area contributed by atoms with Gasteiger partial charge in [0.05, 0.1) is 24.7 Å². The highest BCUT2D eigenvalue weighted by molar-refractivity contribution is 6.06. The van der Waals surface area contributed by atoms with Crippen molar-refractivity contribution in [2.75, 3.05) is 24.9 Å². The number of nitro benzene ring substituents is 1. The Kier molecular flexibility index (Phi) is 6.48. The summed E-state index contributed by atoms with van der Waals surface area (Å²) in [4.78, 5) is 29.1. The molecule has 2 heterocycles. The lowest BCUT2D eigenvalue weighted by Gasteiger charge is -2.29. The van der Waals surface area contributed by atoms with Crippen LogP contribution >= 0.6 is 0 Å². The second-order valence-corrected chi connectivity index (χ2v) is 8.51. The van der Waals surface area contributed by atoms with Crippen LogP contribution in [0.5, 0.6) is 11.5 Å². The summed E-state index contributed by atoms with van der Waals surface area (Å²) in [5.41, 5.74) is 2.76. The molecule has 192 valence electrons. The Bertz CT molecular complexity index is 1560. The molecule has 4 aromatic rings. The van der Waals surface area contributed by atoms with Crippen LogP contribution in [-0.4, -0.2) is 39.8 Å². The first-order chi connectivity index (χ1) is 18.4. The summed E-state index contributed by atoms with van der Waals surface area (Å²) >= 11 is 0. The molecule has 11 nitrogen and oxygen atoms in total. The summed E-state index contributed by atoms with van der Waals surface area (Å²) in [7, 11) is 3.08. The quantitative estimate of drug-likeness (QED) is 0.267. The highest BCUT2D eigenvalue weighted by Crippen LogP contribution is 2.40. The third kappa shape index (κ3) is 4.52. The van der Waals surface area contributed by atoms with Crippen LogP contribution in [0, 0.1) is 10.1 Å². The van der Waals surface area contributed by atoms with Gasteiger partial charge in [-0.1, -0.05) is 36.4 Å². The molecule has 1 unspecified atom stereocenters. The molecule has 0 radical (unpaired) electrons. The summed E-state index contributed by atoms with van der Waals surface area (Å²) in [6.07, 6.45) is 0. The Morgan fingerprint density at radius 2 is 1.79 bits per heavy atom. The molecule has 5 rings (SSSR count). The Balaban J connectivity index is 1.64. The molecule has 11 heteroatoms. The number of benzene rings is 3. The highest BCUT2D eigenvalue weighted by Gasteiger charge is 2.35. The van der Waals surface area contributed by atoms with Gasteiger partial charge < -0.3 is 20.1 Å². The summed E-state index contributed by atoms with van der Waals surface area (Å²) in [5, 5.41) is 22.1. The monoisotopic (exact) mass is 512 g/mol. The van der Waals surface area contributed by atoms with Gasteiger partial charge in [-0.25, -0.2) is 4.68 Å². The van der Waals surface area contributed by atoms with E-state index in [1.54, 1.807) is 55.1 Å². The number of ether oxygens (including phenoxy) is 2. The number of hydrogen-bond donors (Lipinski definition) is 2. The second-order valence-electron chi connectivity index (χ2n) is 8.51. The number of allylic oxidation sites excluding steroid dienone is 1. The van der Waals surface area contributed by atoms with Crippen molar-refractivity contribution in [1.29, 1.82) is 0 Å². The van der Waals surface area contributed by atoms with Gasteiger partial charge in [-0.15, -0.1) is 5.10 Å². The maximum Gasteiger partial charge on any atom is 0.270 e. The van der Waals surface area contributed by atoms with E-state index in [2.05, 4.69) is 20.7 Å². The zero-order valence-electron chi connectivity index (χ0n) is 20.8. The molecule has 2 N–H and O–H groups in total. The van der Waals surface area contributed by atoms with Crippen molar-refractivity contribution in [2.24, 2.45) is 0 Å². The van der Waals surface area contributed by atoms with E-state index in [-0.39, 0.29) is 17.4 Å². The number of fused-ring (bicyclic) bond motifs is 1. The van der Waals surface area contributed by atoms with Crippen molar-refractivity contribution >= 4 is 23.2 Å². The maximum absolute atomic E-state index is 13.6. The minimum atomic E-state index is -0.685. The van der Waals surface area contributed by atoms with E-state index < -0.39 is 11.0 Å². The van der Waals surface area contributed by atoms with Crippen molar-refractivity contribution in [2.45, 2.75) is 13.0 Å². The molecule has 1 atom stereocenters. The number of amides is 1. The molecule has 0 saturated heterocycles. The minimum Gasteiger partial charge on any atom is -0.493 e. The first-order valence-electron chi connectivity index (χ1n) is 11.7. The van der Waals surface area contributed by atoms with Crippen LogP contribution in [0.3, 0.4) is 0 Å². The van der Waals surface area contributed by atoms with Gasteiger partial charge in [0, 0.05) is 29.1 Å². The van der Waals surface area contributed by atoms with Gasteiger partial charge in [0.1, 0.15) is 6.04 Å². The second kappa shape index (κ2) is 10.1. The predicted molar refractivity (Wildman–Crippen MR) is 141 cm³/mol. The fourth-order valence-corrected chi connectivity index (χ4v) is 4.38. The third-order valence-electron chi connectivity index (χ3n) is 6.17. The van der Waals surface area contributed by atoms with Crippen molar-refractivity contribution in [1.82, 2.24) is 14.8 Å². The molecule has 0 spiro atoms. The van der Waals surface area contributed by atoms with Crippen LogP contribution in [0.4, 0.5) is 17.3 Å². The van der Waals surface area contributed by atoms with E-state index in [9.17, 15) is 14.9 Å². The lowest BCUT2D eigenvalue weighted by atomic mass is 9.94. The molecular weight excluding hydrogens is 488 g/mol. The average molecular weight is 513 g/mol. The number of rotatable bonds is 7. The van der Waals surface area contributed by atoms with Gasteiger partial charge in [0.15, 0.2) is 17.3 Å². The molecule has 0 fully saturated rings. The maximum atomic E-state index is 13.6. The summed E-state index contributed by atoms with van der Waals surface area (Å²) in [5.74, 6) is 1.38. The third-order valence-corrected chi connectivity index (χ3v) is 6.17. The standard InChI is InChI=1S/C27H24N6O5/c1-16-23(26(34)29-19-9-5-4-6-10-19)24(17-12-13-21(37-2)22(15-17)38-3)32-27(28-16)30-25(31-32)18-8-7-11-20(14-18)33(35)36/h4-15,24H,1-3H3,(H,29,34)(H,28,30,31). The van der Waals surface area contributed by atoms with Crippen molar-refractivity contribution in [3.05, 3.63) is 99.7 Å². The molecule has 0 aliphatic carbocycles. The number of hydrogen-bond acceptors (Lipinski definition) is 8. The number of anilines is 2. The number of nitrogens with zero attached hydrogens (tertiary/aromatic N) is 4. The lowest BCUT2D eigenvalue weighted by Crippen LogP contribution is -2.31. The fourth-order valence-electron chi connectivity index (χ4n) is 4.38. The molecule has 1 amide bonds. The molecule has 1 aliphatic heterocycles. The van der Waals surface area contributed by atoms with E-state index in [4.69, 9.17) is 9.47 Å². The summed E-state index contributed by atoms with van der Waals surface area (Å²) in [6, 6.07) is 19.9. The fraction of sp³-hybridized carbons (Fsp3) is 0.148. The number of nitro groups is 1. The molecular formula is C27H24N6O5. The average Bonchev–Trinajstić information content (AvgIpc) is 3.36. The van der Waals surface area contributed by atoms with Crippen LogP contribution in [0.2, 0.25) is 0 Å². The molecule has 0 bridgehead atoms. The number of methoxy groups -OCH3 is 2. The summed E-state index contributed by atoms with van der Waals surface area (Å²) in [6.45, 7) is 1.79. The lowest BCUT2D eigenvalue weighted by molar-refractivity contribution is -0.384. The van der Waals surface area contributed by atoms with Crippen LogP contribution < -0.4 is 20.1 Å². The van der Waals surface area contributed by atoms with E-state index in [1.807, 2.05) is 24.3 Å². The van der Waals surface area contributed by atoms with Crippen molar-refractivity contribution in [3.63, 3.8) is 0 Å². The summed E-state index contributed by atoms with van der Waals surface area (Å²) < 4.78 is 12.5.